The van der Waals surface area contributed by atoms with E-state index >= 15 is 0 Å². The van der Waals surface area contributed by atoms with Gasteiger partial charge in [-0.3, -0.25) is 4.79 Å². The lowest BCUT2D eigenvalue weighted by Gasteiger charge is -2.10. The quantitative estimate of drug-likeness (QED) is 0.721. The number of carbonyl (C=O) groups excluding carboxylic acids is 1. The lowest BCUT2D eigenvalue weighted by molar-refractivity contribution is -0.121. The maximum absolute atomic E-state index is 12.1. The zero-order valence-corrected chi connectivity index (χ0v) is 14.7. The van der Waals surface area contributed by atoms with Crippen LogP contribution >= 0.6 is 0 Å². The van der Waals surface area contributed by atoms with Crippen LogP contribution in [0.3, 0.4) is 0 Å². The van der Waals surface area contributed by atoms with Crippen LogP contribution < -0.4 is 10.1 Å². The van der Waals surface area contributed by atoms with Crippen LogP contribution in [0.2, 0.25) is 0 Å². The molecule has 0 bridgehead atoms. The Hall–Kier alpha value is -2.82. The Morgan fingerprint density at radius 2 is 1.92 bits per heavy atom. The Kier molecular flexibility index (Phi) is 5.33. The van der Waals surface area contributed by atoms with Gasteiger partial charge < -0.3 is 14.6 Å². The first-order valence-electron chi connectivity index (χ1n) is 8.49. The van der Waals surface area contributed by atoms with Crippen LogP contribution in [0, 0.1) is 6.92 Å². The van der Waals surface area contributed by atoms with Gasteiger partial charge in [0.15, 0.2) is 0 Å². The minimum Gasteiger partial charge on any atom is -0.496 e. The number of aryl methyl sites for hydroxylation is 2. The molecule has 3 aromatic rings. The Morgan fingerprint density at radius 3 is 2.76 bits per heavy atom. The summed E-state index contributed by atoms with van der Waals surface area (Å²) in [6, 6.07) is 15.9. The predicted molar refractivity (Wildman–Crippen MR) is 98.8 cm³/mol. The van der Waals surface area contributed by atoms with Crippen molar-refractivity contribution >= 4 is 16.9 Å². The topological polar surface area (TPSA) is 56.1 Å². The number of ether oxygens (including phenoxy) is 1. The van der Waals surface area contributed by atoms with E-state index in [2.05, 4.69) is 20.9 Å². The van der Waals surface area contributed by atoms with Crippen LogP contribution in [-0.2, 0) is 17.8 Å². The molecule has 0 fully saturated rings. The molecule has 1 heterocycles. The fourth-order valence-electron chi connectivity index (χ4n) is 3.03. The zero-order chi connectivity index (χ0) is 17.6. The van der Waals surface area contributed by atoms with Crippen molar-refractivity contribution in [2.45, 2.75) is 26.3 Å². The Morgan fingerprint density at radius 1 is 1.16 bits per heavy atom. The average Bonchev–Trinajstić information content (AvgIpc) is 2.96. The van der Waals surface area contributed by atoms with Gasteiger partial charge in [-0.05, 0) is 37.1 Å². The van der Waals surface area contributed by atoms with Crippen molar-refractivity contribution < 1.29 is 9.53 Å². The first-order valence-corrected chi connectivity index (χ1v) is 8.49. The van der Waals surface area contributed by atoms with Gasteiger partial charge in [0, 0.05) is 19.5 Å². The number of hydrogen-bond acceptors (Lipinski definition) is 3. The second kappa shape index (κ2) is 7.83. The molecule has 1 amide bonds. The number of para-hydroxylation sites is 3. The normalized spacial score (nSPS) is 10.8. The van der Waals surface area contributed by atoms with Crippen molar-refractivity contribution in [3.63, 3.8) is 0 Å². The molecule has 1 aromatic heterocycles. The minimum atomic E-state index is 0.0491. The van der Waals surface area contributed by atoms with Crippen LogP contribution in [-0.4, -0.2) is 29.1 Å². The molecule has 5 heteroatoms. The number of aromatic nitrogens is 2. The summed E-state index contributed by atoms with van der Waals surface area (Å²) in [5, 5.41) is 2.99. The van der Waals surface area contributed by atoms with Gasteiger partial charge in [-0.1, -0.05) is 30.3 Å². The number of rotatable bonds is 7. The van der Waals surface area contributed by atoms with Gasteiger partial charge >= 0.3 is 0 Å². The van der Waals surface area contributed by atoms with Crippen molar-refractivity contribution in [2.24, 2.45) is 0 Å². The van der Waals surface area contributed by atoms with E-state index in [0.29, 0.717) is 25.9 Å². The van der Waals surface area contributed by atoms with Crippen LogP contribution in [0.25, 0.3) is 11.0 Å². The number of nitrogens with zero attached hydrogens (tertiary/aromatic N) is 2. The number of hydrogen-bond donors (Lipinski definition) is 1. The number of fused-ring (bicyclic) bond motifs is 1. The average molecular weight is 337 g/mol. The second-order valence-electron chi connectivity index (χ2n) is 5.96. The summed E-state index contributed by atoms with van der Waals surface area (Å²) < 4.78 is 7.45. The van der Waals surface area contributed by atoms with E-state index in [-0.39, 0.29) is 5.91 Å². The highest BCUT2D eigenvalue weighted by atomic mass is 16.5. The van der Waals surface area contributed by atoms with Crippen molar-refractivity contribution in [3.8, 4) is 5.75 Å². The summed E-state index contributed by atoms with van der Waals surface area (Å²) in [6.45, 7) is 3.29. The van der Waals surface area contributed by atoms with Gasteiger partial charge in [0.05, 0.1) is 18.1 Å². The molecular weight excluding hydrogens is 314 g/mol. The fourth-order valence-corrected chi connectivity index (χ4v) is 3.03. The molecule has 0 unspecified atom stereocenters. The van der Waals surface area contributed by atoms with Gasteiger partial charge in [0.25, 0.3) is 0 Å². The molecule has 0 aliphatic rings. The van der Waals surface area contributed by atoms with Crippen molar-refractivity contribution in [3.05, 3.63) is 59.9 Å². The van der Waals surface area contributed by atoms with Gasteiger partial charge in [-0.2, -0.15) is 0 Å². The number of imidazole rings is 1. The van der Waals surface area contributed by atoms with E-state index in [4.69, 9.17) is 4.74 Å². The highest BCUT2D eigenvalue weighted by molar-refractivity contribution is 5.77. The molecule has 0 saturated carbocycles. The molecule has 0 atom stereocenters. The number of benzene rings is 2. The number of carbonyl (C=O) groups is 1. The molecule has 0 saturated heterocycles. The van der Waals surface area contributed by atoms with E-state index in [1.165, 1.54) is 0 Å². The minimum absolute atomic E-state index is 0.0491. The van der Waals surface area contributed by atoms with E-state index in [1.54, 1.807) is 7.11 Å². The second-order valence-corrected chi connectivity index (χ2v) is 5.96. The number of nitrogens with one attached hydrogen (secondary N) is 1. The number of methoxy groups -OCH3 is 1. The van der Waals surface area contributed by atoms with Gasteiger partial charge in [0.1, 0.15) is 11.6 Å². The van der Waals surface area contributed by atoms with Crippen molar-refractivity contribution in [2.75, 3.05) is 13.7 Å². The third-order valence-electron chi connectivity index (χ3n) is 4.32. The third-order valence-corrected chi connectivity index (χ3v) is 4.32. The van der Waals surface area contributed by atoms with Gasteiger partial charge in [-0.15, -0.1) is 0 Å². The summed E-state index contributed by atoms with van der Waals surface area (Å²) >= 11 is 0. The zero-order valence-electron chi connectivity index (χ0n) is 14.7. The monoisotopic (exact) mass is 337 g/mol. The van der Waals surface area contributed by atoms with E-state index in [0.717, 1.165) is 28.2 Å². The third kappa shape index (κ3) is 3.99. The molecule has 0 spiro atoms. The maximum atomic E-state index is 12.1. The first kappa shape index (κ1) is 17.0. The largest absolute Gasteiger partial charge is 0.496 e. The first-order chi connectivity index (χ1) is 12.2. The Labute approximate surface area is 147 Å². The molecule has 2 aromatic carbocycles. The van der Waals surface area contributed by atoms with Crippen LogP contribution in [0.4, 0.5) is 0 Å². The molecule has 130 valence electrons. The van der Waals surface area contributed by atoms with Crippen LogP contribution in [0.15, 0.2) is 48.5 Å². The summed E-state index contributed by atoms with van der Waals surface area (Å²) in [7, 11) is 1.65. The van der Waals surface area contributed by atoms with Crippen LogP contribution in [0.1, 0.15) is 17.8 Å². The lowest BCUT2D eigenvalue weighted by Crippen LogP contribution is -2.27. The SMILES string of the molecule is COc1ccccc1CCC(=O)NCCn1c(C)nc2ccccc21. The van der Waals surface area contributed by atoms with Gasteiger partial charge in [-0.25, -0.2) is 4.98 Å². The molecular formula is C20H23N3O2. The molecule has 5 nitrogen and oxygen atoms in total. The van der Waals surface area contributed by atoms with E-state index in [9.17, 15) is 4.79 Å². The summed E-state index contributed by atoms with van der Waals surface area (Å²) in [5.41, 5.74) is 3.14. The van der Waals surface area contributed by atoms with E-state index in [1.807, 2.05) is 49.4 Å². The summed E-state index contributed by atoms with van der Waals surface area (Å²) in [6.07, 6.45) is 1.12. The van der Waals surface area contributed by atoms with Crippen molar-refractivity contribution in [1.82, 2.24) is 14.9 Å². The summed E-state index contributed by atoms with van der Waals surface area (Å²) in [5.74, 6) is 1.84. The Bertz CT molecular complexity index is 870. The van der Waals surface area contributed by atoms with Crippen LogP contribution in [0.5, 0.6) is 5.75 Å². The standard InChI is InChI=1S/C20H23N3O2/c1-15-22-17-8-4-5-9-18(17)23(15)14-13-21-20(24)12-11-16-7-3-6-10-19(16)25-2/h3-10H,11-14H2,1-2H3,(H,21,24). The fraction of sp³-hybridized carbons (Fsp3) is 0.300. The molecule has 0 aliphatic heterocycles. The Balaban J connectivity index is 1.52. The van der Waals surface area contributed by atoms with Gasteiger partial charge in [0.2, 0.25) is 5.91 Å². The smallest absolute Gasteiger partial charge is 0.220 e. The molecule has 0 radical (unpaired) electrons. The molecule has 3 rings (SSSR count). The lowest BCUT2D eigenvalue weighted by atomic mass is 10.1. The maximum Gasteiger partial charge on any atom is 0.220 e. The molecule has 25 heavy (non-hydrogen) atoms. The predicted octanol–water partition coefficient (Wildman–Crippen LogP) is 3.10. The highest BCUT2D eigenvalue weighted by Crippen LogP contribution is 2.18. The molecule has 1 N–H and O–H groups in total. The van der Waals surface area contributed by atoms with Crippen molar-refractivity contribution in [1.29, 1.82) is 0 Å². The summed E-state index contributed by atoms with van der Waals surface area (Å²) in [4.78, 5) is 16.7. The molecule has 0 aliphatic carbocycles. The highest BCUT2D eigenvalue weighted by Gasteiger charge is 2.08. The number of amides is 1. The van der Waals surface area contributed by atoms with E-state index < -0.39 is 0 Å².